The van der Waals surface area contributed by atoms with E-state index >= 15 is 0 Å². The quantitative estimate of drug-likeness (QED) is 0.232. The van der Waals surface area contributed by atoms with Gasteiger partial charge in [-0.2, -0.15) is 0 Å². The number of aliphatic hydroxyl groups excluding tert-OH is 1. The molecule has 0 rings (SSSR count). The van der Waals surface area contributed by atoms with E-state index in [-0.39, 0.29) is 11.8 Å². The third-order valence-electron chi connectivity index (χ3n) is 5.15. The molecule has 0 heterocycles. The molecule has 3 amide bonds. The van der Waals surface area contributed by atoms with Gasteiger partial charge in [-0.1, -0.05) is 48.0 Å². The molecular formula is C21H40N4O6. The number of amides is 3. The SMILES string of the molecule is CCC(C)C(NC(=O)C(N)CC(C)C)C(=O)NC(C(=O)NC(C(=O)O)C(C)C)C(C)O. The Morgan fingerprint density at radius 2 is 1.26 bits per heavy atom. The summed E-state index contributed by atoms with van der Waals surface area (Å²) in [5.41, 5.74) is 5.91. The van der Waals surface area contributed by atoms with Crippen LogP contribution in [0.15, 0.2) is 0 Å². The van der Waals surface area contributed by atoms with Gasteiger partial charge < -0.3 is 31.9 Å². The van der Waals surface area contributed by atoms with Crippen molar-refractivity contribution >= 4 is 23.7 Å². The van der Waals surface area contributed by atoms with E-state index in [9.17, 15) is 29.4 Å². The number of carboxylic acids is 1. The highest BCUT2D eigenvalue weighted by atomic mass is 16.4. The normalized spacial score (nSPS) is 17.3. The van der Waals surface area contributed by atoms with Crippen LogP contribution in [0.1, 0.15) is 61.3 Å². The molecule has 10 heteroatoms. The molecular weight excluding hydrogens is 404 g/mol. The Morgan fingerprint density at radius 1 is 0.806 bits per heavy atom. The van der Waals surface area contributed by atoms with E-state index in [1.54, 1.807) is 20.8 Å². The molecule has 0 bridgehead atoms. The van der Waals surface area contributed by atoms with Crippen molar-refractivity contribution < 1.29 is 29.4 Å². The van der Waals surface area contributed by atoms with Gasteiger partial charge in [-0.05, 0) is 31.1 Å². The van der Waals surface area contributed by atoms with Crippen molar-refractivity contribution in [1.29, 1.82) is 0 Å². The van der Waals surface area contributed by atoms with Crippen molar-refractivity contribution in [1.82, 2.24) is 16.0 Å². The first-order valence-corrected chi connectivity index (χ1v) is 10.8. The van der Waals surface area contributed by atoms with Gasteiger partial charge in [0.1, 0.15) is 18.1 Å². The minimum absolute atomic E-state index is 0.197. The Labute approximate surface area is 184 Å². The molecule has 0 saturated heterocycles. The average Bonchev–Trinajstić information content (AvgIpc) is 2.65. The Kier molecular flexibility index (Phi) is 12.3. The Morgan fingerprint density at radius 3 is 1.65 bits per heavy atom. The van der Waals surface area contributed by atoms with E-state index in [4.69, 9.17) is 5.73 Å². The standard InChI is InChI=1S/C21H40N4O6/c1-8-12(6)16(24-18(27)14(22)9-10(2)3)19(28)25-17(13(7)26)20(29)23-15(11(4)5)21(30)31/h10-17,26H,8-9,22H2,1-7H3,(H,23,29)(H,24,27)(H,25,28)(H,30,31). The van der Waals surface area contributed by atoms with Crippen LogP contribution in [0.4, 0.5) is 0 Å². The van der Waals surface area contributed by atoms with Gasteiger partial charge in [0.2, 0.25) is 17.7 Å². The number of nitrogens with two attached hydrogens (primary N) is 1. The fourth-order valence-electron chi connectivity index (χ4n) is 2.98. The highest BCUT2D eigenvalue weighted by Crippen LogP contribution is 2.11. The summed E-state index contributed by atoms with van der Waals surface area (Å²) in [6.45, 7) is 12.1. The zero-order valence-corrected chi connectivity index (χ0v) is 19.6. The smallest absolute Gasteiger partial charge is 0.326 e. The molecule has 0 aliphatic heterocycles. The number of nitrogens with one attached hydrogen (secondary N) is 3. The Balaban J connectivity index is 5.47. The van der Waals surface area contributed by atoms with Crippen molar-refractivity contribution in [2.24, 2.45) is 23.5 Å². The summed E-state index contributed by atoms with van der Waals surface area (Å²) < 4.78 is 0. The lowest BCUT2D eigenvalue weighted by atomic mass is 9.96. The maximum atomic E-state index is 12.9. The first-order valence-electron chi connectivity index (χ1n) is 10.8. The van der Waals surface area contributed by atoms with Crippen LogP contribution in [-0.2, 0) is 19.2 Å². The fraction of sp³-hybridized carbons (Fsp3) is 0.810. The fourth-order valence-corrected chi connectivity index (χ4v) is 2.98. The molecule has 0 saturated carbocycles. The second-order valence-corrected chi connectivity index (χ2v) is 8.90. The first-order chi connectivity index (χ1) is 14.2. The van der Waals surface area contributed by atoms with Crippen LogP contribution in [0.2, 0.25) is 0 Å². The van der Waals surface area contributed by atoms with Crippen molar-refractivity contribution in [3.8, 4) is 0 Å². The van der Waals surface area contributed by atoms with Crippen molar-refractivity contribution in [2.75, 3.05) is 0 Å². The molecule has 7 N–H and O–H groups in total. The maximum Gasteiger partial charge on any atom is 0.326 e. The molecule has 0 fully saturated rings. The van der Waals surface area contributed by atoms with E-state index in [0.29, 0.717) is 12.8 Å². The second kappa shape index (κ2) is 13.3. The molecule has 0 radical (unpaired) electrons. The molecule has 0 aliphatic carbocycles. The van der Waals surface area contributed by atoms with Gasteiger partial charge in [0.25, 0.3) is 0 Å². The van der Waals surface area contributed by atoms with Gasteiger partial charge in [-0.3, -0.25) is 14.4 Å². The van der Waals surface area contributed by atoms with Crippen LogP contribution < -0.4 is 21.7 Å². The second-order valence-electron chi connectivity index (χ2n) is 8.90. The van der Waals surface area contributed by atoms with Crippen molar-refractivity contribution in [3.63, 3.8) is 0 Å². The molecule has 6 atom stereocenters. The summed E-state index contributed by atoms with van der Waals surface area (Å²) in [4.78, 5) is 49.3. The van der Waals surface area contributed by atoms with E-state index in [1.807, 2.05) is 20.8 Å². The van der Waals surface area contributed by atoms with Gasteiger partial charge in [0.05, 0.1) is 12.1 Å². The number of rotatable bonds is 13. The first kappa shape index (κ1) is 28.8. The molecule has 31 heavy (non-hydrogen) atoms. The maximum absolute atomic E-state index is 12.9. The summed E-state index contributed by atoms with van der Waals surface area (Å²) in [6.07, 6.45) is -0.273. The number of hydrogen-bond acceptors (Lipinski definition) is 6. The van der Waals surface area contributed by atoms with Gasteiger partial charge in [-0.25, -0.2) is 4.79 Å². The number of hydrogen-bond donors (Lipinski definition) is 6. The number of aliphatic carboxylic acids is 1. The summed E-state index contributed by atoms with van der Waals surface area (Å²) in [6, 6.07) is -4.31. The monoisotopic (exact) mass is 444 g/mol. The van der Waals surface area contributed by atoms with E-state index < -0.39 is 59.9 Å². The highest BCUT2D eigenvalue weighted by molar-refractivity contribution is 5.94. The molecule has 180 valence electrons. The predicted molar refractivity (Wildman–Crippen MR) is 117 cm³/mol. The number of aliphatic hydroxyl groups is 1. The lowest BCUT2D eigenvalue weighted by Crippen LogP contribution is -2.61. The van der Waals surface area contributed by atoms with Crippen LogP contribution >= 0.6 is 0 Å². The molecule has 0 aromatic carbocycles. The lowest BCUT2D eigenvalue weighted by Gasteiger charge is -2.29. The lowest BCUT2D eigenvalue weighted by molar-refractivity contribution is -0.144. The number of carboxylic acid groups (broad SMARTS) is 1. The van der Waals surface area contributed by atoms with Crippen LogP contribution in [-0.4, -0.2) is 64.2 Å². The highest BCUT2D eigenvalue weighted by Gasteiger charge is 2.34. The van der Waals surface area contributed by atoms with Gasteiger partial charge in [0, 0.05) is 0 Å². The van der Waals surface area contributed by atoms with Gasteiger partial charge in [-0.15, -0.1) is 0 Å². The largest absolute Gasteiger partial charge is 0.480 e. The molecule has 6 unspecified atom stereocenters. The zero-order valence-electron chi connectivity index (χ0n) is 19.6. The molecule has 0 aliphatic rings. The van der Waals surface area contributed by atoms with Crippen LogP contribution in [0, 0.1) is 17.8 Å². The van der Waals surface area contributed by atoms with Crippen molar-refractivity contribution in [2.45, 2.75) is 91.6 Å². The number of carbonyl (C=O) groups excluding carboxylic acids is 3. The molecule has 10 nitrogen and oxygen atoms in total. The van der Waals surface area contributed by atoms with Gasteiger partial charge >= 0.3 is 5.97 Å². The van der Waals surface area contributed by atoms with Crippen LogP contribution in [0.5, 0.6) is 0 Å². The Bertz CT molecular complexity index is 623. The molecule has 0 aromatic heterocycles. The Hall–Kier alpha value is -2.20. The van der Waals surface area contributed by atoms with Crippen molar-refractivity contribution in [3.05, 3.63) is 0 Å². The number of carbonyl (C=O) groups is 4. The summed E-state index contributed by atoms with van der Waals surface area (Å²) >= 11 is 0. The minimum Gasteiger partial charge on any atom is -0.480 e. The predicted octanol–water partition coefficient (Wildman–Crippen LogP) is -0.0183. The van der Waals surface area contributed by atoms with Crippen LogP contribution in [0.25, 0.3) is 0 Å². The molecule has 0 spiro atoms. The van der Waals surface area contributed by atoms with Gasteiger partial charge in [0.15, 0.2) is 0 Å². The topological polar surface area (TPSA) is 171 Å². The zero-order chi connectivity index (χ0) is 24.5. The van der Waals surface area contributed by atoms with E-state index in [2.05, 4.69) is 16.0 Å². The average molecular weight is 445 g/mol. The summed E-state index contributed by atoms with van der Waals surface area (Å²) in [5, 5.41) is 26.8. The summed E-state index contributed by atoms with van der Waals surface area (Å²) in [5.74, 6) is -3.65. The van der Waals surface area contributed by atoms with E-state index in [1.165, 1.54) is 6.92 Å². The molecule has 0 aromatic rings. The van der Waals surface area contributed by atoms with E-state index in [0.717, 1.165) is 0 Å². The third kappa shape index (κ3) is 9.65. The minimum atomic E-state index is -1.39. The summed E-state index contributed by atoms with van der Waals surface area (Å²) in [7, 11) is 0. The third-order valence-corrected chi connectivity index (χ3v) is 5.15. The van der Waals surface area contributed by atoms with Crippen LogP contribution in [0.3, 0.4) is 0 Å².